The van der Waals surface area contributed by atoms with E-state index >= 15 is 0 Å². The molecule has 36 heavy (non-hydrogen) atoms. The maximum atomic E-state index is 13.0. The van der Waals surface area contributed by atoms with Crippen LogP contribution in [0.4, 0.5) is 5.69 Å². The van der Waals surface area contributed by atoms with Gasteiger partial charge in [0.2, 0.25) is 17.7 Å². The average molecular weight is 496 g/mol. The molecular formula is C27H37N5O4. The highest BCUT2D eigenvalue weighted by Crippen LogP contribution is 2.55. The number of nitrogens with one attached hydrogen (secondary N) is 3. The second-order valence-electron chi connectivity index (χ2n) is 11.0. The van der Waals surface area contributed by atoms with Crippen LogP contribution < -0.4 is 21.6 Å². The number of unbranched alkanes of at least 4 members (excludes halogenated alkanes) is 3. The standard InChI is InChI=1S/C27H37N5O4/c1-31-24-19(8-6-9-20(24)32(26(31)36)21-11-12-23(34)30-25(21)35)29-22(33)10-4-2-3-5-15-28-18-16-27(17-18)13-7-14-27/h6,8-9,18,21,28H,2-5,7,10-17H2,1H3,(H,29,33)(H,30,34,35). The van der Waals surface area contributed by atoms with E-state index in [1.54, 1.807) is 25.2 Å². The van der Waals surface area contributed by atoms with Gasteiger partial charge in [-0.3, -0.25) is 28.8 Å². The second-order valence-corrected chi connectivity index (χ2v) is 11.0. The molecule has 1 aliphatic heterocycles. The molecule has 0 radical (unpaired) electrons. The van der Waals surface area contributed by atoms with Crippen LogP contribution in [0.1, 0.15) is 83.1 Å². The zero-order valence-corrected chi connectivity index (χ0v) is 21.1. The Labute approximate surface area is 211 Å². The number of rotatable bonds is 10. The van der Waals surface area contributed by atoms with Crippen molar-refractivity contribution in [3.8, 4) is 0 Å². The Balaban J connectivity index is 1.10. The van der Waals surface area contributed by atoms with Gasteiger partial charge in [-0.15, -0.1) is 0 Å². The molecule has 1 aromatic heterocycles. The van der Waals surface area contributed by atoms with Gasteiger partial charge in [0.25, 0.3) is 0 Å². The van der Waals surface area contributed by atoms with Crippen LogP contribution in [0.25, 0.3) is 11.0 Å². The zero-order valence-electron chi connectivity index (χ0n) is 21.1. The molecule has 3 aliphatic rings. The first-order valence-corrected chi connectivity index (χ1v) is 13.4. The monoisotopic (exact) mass is 495 g/mol. The number of aryl methyl sites for hydroxylation is 1. The van der Waals surface area contributed by atoms with E-state index in [9.17, 15) is 19.2 Å². The summed E-state index contributed by atoms with van der Waals surface area (Å²) in [6, 6.07) is 5.28. The molecule has 9 heteroatoms. The maximum Gasteiger partial charge on any atom is 0.329 e. The van der Waals surface area contributed by atoms with Crippen molar-refractivity contribution in [1.29, 1.82) is 0 Å². The molecule has 2 aromatic rings. The van der Waals surface area contributed by atoms with E-state index < -0.39 is 11.9 Å². The van der Waals surface area contributed by atoms with Crippen LogP contribution in [0.2, 0.25) is 0 Å². The number of aromatic nitrogens is 2. The van der Waals surface area contributed by atoms with Crippen LogP contribution in [-0.4, -0.2) is 39.4 Å². The van der Waals surface area contributed by atoms with E-state index in [1.807, 2.05) is 0 Å². The predicted octanol–water partition coefficient (Wildman–Crippen LogP) is 3.13. The molecule has 3 N–H and O–H groups in total. The number of hydrogen-bond acceptors (Lipinski definition) is 5. The molecule has 1 spiro atoms. The summed E-state index contributed by atoms with van der Waals surface area (Å²) in [5.41, 5.74) is 2.06. The number of anilines is 1. The second kappa shape index (κ2) is 10.2. The lowest BCUT2D eigenvalue weighted by Crippen LogP contribution is -2.52. The number of carbonyl (C=O) groups is 3. The smallest absolute Gasteiger partial charge is 0.324 e. The van der Waals surface area contributed by atoms with Crippen molar-refractivity contribution in [2.24, 2.45) is 12.5 Å². The summed E-state index contributed by atoms with van der Waals surface area (Å²) < 4.78 is 2.88. The van der Waals surface area contributed by atoms with Crippen molar-refractivity contribution < 1.29 is 14.4 Å². The lowest BCUT2D eigenvalue weighted by molar-refractivity contribution is -0.135. The van der Waals surface area contributed by atoms with Crippen LogP contribution >= 0.6 is 0 Å². The third-order valence-corrected chi connectivity index (χ3v) is 8.44. The molecule has 3 fully saturated rings. The number of carbonyl (C=O) groups excluding carboxylic acids is 3. The Bertz CT molecular complexity index is 1220. The minimum Gasteiger partial charge on any atom is -0.324 e. The maximum absolute atomic E-state index is 13.0. The Morgan fingerprint density at radius 3 is 2.61 bits per heavy atom. The number of amides is 3. The molecule has 9 nitrogen and oxygen atoms in total. The molecule has 2 heterocycles. The molecule has 1 aromatic carbocycles. The number of imidazole rings is 1. The number of benzene rings is 1. The van der Waals surface area contributed by atoms with E-state index in [0.717, 1.165) is 43.7 Å². The summed E-state index contributed by atoms with van der Waals surface area (Å²) in [5, 5.41) is 8.96. The van der Waals surface area contributed by atoms with Gasteiger partial charge in [-0.1, -0.05) is 25.3 Å². The van der Waals surface area contributed by atoms with Crippen LogP contribution in [0.3, 0.4) is 0 Å². The molecule has 2 aliphatic carbocycles. The van der Waals surface area contributed by atoms with Gasteiger partial charge in [-0.25, -0.2) is 4.79 Å². The molecular weight excluding hydrogens is 458 g/mol. The number of imide groups is 1. The minimum atomic E-state index is -0.747. The molecule has 3 amide bonds. The Kier molecular flexibility index (Phi) is 7.01. The van der Waals surface area contributed by atoms with Crippen LogP contribution in [0.5, 0.6) is 0 Å². The quantitative estimate of drug-likeness (QED) is 0.346. The highest BCUT2D eigenvalue weighted by Gasteiger charge is 2.47. The topological polar surface area (TPSA) is 114 Å². The van der Waals surface area contributed by atoms with Crippen molar-refractivity contribution >= 4 is 34.4 Å². The zero-order chi connectivity index (χ0) is 25.3. The van der Waals surface area contributed by atoms with E-state index in [2.05, 4.69) is 16.0 Å². The summed E-state index contributed by atoms with van der Waals surface area (Å²) in [7, 11) is 1.63. The van der Waals surface area contributed by atoms with E-state index in [1.165, 1.54) is 41.2 Å². The fraction of sp³-hybridized carbons (Fsp3) is 0.630. The largest absolute Gasteiger partial charge is 0.329 e. The molecule has 2 saturated carbocycles. The van der Waals surface area contributed by atoms with Gasteiger partial charge in [-0.2, -0.15) is 0 Å². The molecule has 5 rings (SSSR count). The van der Waals surface area contributed by atoms with Crippen molar-refractivity contribution in [3.05, 3.63) is 28.7 Å². The first kappa shape index (κ1) is 24.7. The van der Waals surface area contributed by atoms with E-state index in [4.69, 9.17) is 0 Å². The SMILES string of the molecule is Cn1c(=O)n(C2CCC(=O)NC2=O)c2cccc(NC(=O)CCCCCCNC3CC4(CCC4)C3)c21. The third-order valence-electron chi connectivity index (χ3n) is 8.44. The van der Waals surface area contributed by atoms with Crippen molar-refractivity contribution in [3.63, 3.8) is 0 Å². The van der Waals surface area contributed by atoms with Crippen molar-refractivity contribution in [2.75, 3.05) is 11.9 Å². The first-order chi connectivity index (χ1) is 17.4. The highest BCUT2D eigenvalue weighted by molar-refractivity contribution is 6.02. The van der Waals surface area contributed by atoms with Crippen molar-refractivity contribution in [2.45, 2.75) is 89.1 Å². The summed E-state index contributed by atoms with van der Waals surface area (Å²) in [5.74, 6) is -0.878. The Morgan fingerprint density at radius 1 is 1.11 bits per heavy atom. The van der Waals surface area contributed by atoms with Gasteiger partial charge in [0, 0.05) is 25.9 Å². The van der Waals surface area contributed by atoms with Gasteiger partial charge in [0.15, 0.2) is 0 Å². The highest BCUT2D eigenvalue weighted by atomic mass is 16.2. The summed E-state index contributed by atoms with van der Waals surface area (Å²) in [4.78, 5) is 49.6. The average Bonchev–Trinajstić information content (AvgIpc) is 3.04. The lowest BCUT2D eigenvalue weighted by Gasteiger charge is -2.54. The third kappa shape index (κ3) is 4.85. The van der Waals surface area contributed by atoms with Crippen LogP contribution in [-0.2, 0) is 21.4 Å². The summed E-state index contributed by atoms with van der Waals surface area (Å²) >= 11 is 0. The number of fused-ring (bicyclic) bond motifs is 1. The number of hydrogen-bond donors (Lipinski definition) is 3. The molecule has 0 bridgehead atoms. The van der Waals surface area contributed by atoms with Gasteiger partial charge >= 0.3 is 5.69 Å². The molecule has 1 atom stereocenters. The minimum absolute atomic E-state index is 0.0814. The Morgan fingerprint density at radius 2 is 1.89 bits per heavy atom. The molecule has 1 unspecified atom stereocenters. The number of piperidine rings is 1. The fourth-order valence-corrected chi connectivity index (χ4v) is 6.27. The van der Waals surface area contributed by atoms with Crippen LogP contribution in [0.15, 0.2) is 23.0 Å². The van der Waals surface area contributed by atoms with E-state index in [-0.39, 0.29) is 30.3 Å². The number of nitrogens with zero attached hydrogens (tertiary/aromatic N) is 2. The van der Waals surface area contributed by atoms with Gasteiger partial charge in [-0.05, 0) is 69.0 Å². The fourth-order valence-electron chi connectivity index (χ4n) is 6.27. The first-order valence-electron chi connectivity index (χ1n) is 13.4. The van der Waals surface area contributed by atoms with Crippen molar-refractivity contribution in [1.82, 2.24) is 19.8 Å². The summed E-state index contributed by atoms with van der Waals surface area (Å²) in [6.45, 7) is 1.06. The summed E-state index contributed by atoms with van der Waals surface area (Å²) in [6.07, 6.45) is 12.0. The van der Waals surface area contributed by atoms with Gasteiger partial charge in [0.05, 0.1) is 16.7 Å². The molecule has 194 valence electrons. The van der Waals surface area contributed by atoms with E-state index in [0.29, 0.717) is 23.1 Å². The number of para-hydroxylation sites is 1. The van der Waals surface area contributed by atoms with Gasteiger partial charge < -0.3 is 10.6 Å². The normalized spacial score (nSPS) is 21.3. The lowest BCUT2D eigenvalue weighted by atomic mass is 9.54. The van der Waals surface area contributed by atoms with Gasteiger partial charge in [0.1, 0.15) is 6.04 Å². The predicted molar refractivity (Wildman–Crippen MR) is 138 cm³/mol. The molecule has 1 saturated heterocycles. The Hall–Kier alpha value is -2.94. The van der Waals surface area contributed by atoms with Crippen LogP contribution in [0, 0.1) is 5.41 Å².